The van der Waals surface area contributed by atoms with Crippen molar-refractivity contribution < 1.29 is 22.4 Å². The van der Waals surface area contributed by atoms with Gasteiger partial charge in [-0.05, 0) is 36.6 Å². The molecule has 30 heavy (non-hydrogen) atoms. The van der Waals surface area contributed by atoms with Crippen molar-refractivity contribution in [2.45, 2.75) is 24.2 Å². The molecule has 1 aliphatic carbocycles. The number of hydrogen-bond acceptors (Lipinski definition) is 6. The molecule has 10 heteroatoms. The molecule has 0 bridgehead atoms. The molecule has 1 atom stereocenters. The average Bonchev–Trinajstić information content (AvgIpc) is 3.52. The second-order valence-electron chi connectivity index (χ2n) is 7.63. The van der Waals surface area contributed by atoms with Gasteiger partial charge in [0, 0.05) is 24.5 Å². The summed E-state index contributed by atoms with van der Waals surface area (Å²) in [5.41, 5.74) is 0.565. The van der Waals surface area contributed by atoms with Crippen molar-refractivity contribution in [2.75, 3.05) is 16.8 Å². The van der Waals surface area contributed by atoms with Crippen molar-refractivity contribution in [3.05, 3.63) is 48.0 Å². The largest absolute Gasteiger partial charge is 0.341 e. The molecule has 5 rings (SSSR count). The minimum Gasteiger partial charge on any atom is -0.341 e. The van der Waals surface area contributed by atoms with Gasteiger partial charge in [0.2, 0.25) is 5.91 Å². The Kier molecular flexibility index (Phi) is 4.21. The van der Waals surface area contributed by atoms with Crippen molar-refractivity contribution in [1.82, 2.24) is 4.98 Å². The number of fused-ring (bicyclic) bond motifs is 2. The summed E-state index contributed by atoms with van der Waals surface area (Å²) < 4.78 is 42.8. The maximum atomic E-state index is 13.9. The molecule has 1 saturated carbocycles. The number of carbonyl (C=O) groups excluding carboxylic acids is 2. The van der Waals surface area contributed by atoms with Crippen LogP contribution in [0.2, 0.25) is 0 Å². The molecule has 1 aromatic carbocycles. The Hall–Kier alpha value is -3.14. The van der Waals surface area contributed by atoms with Gasteiger partial charge in [0.1, 0.15) is 16.5 Å². The van der Waals surface area contributed by atoms with Gasteiger partial charge in [-0.25, -0.2) is 4.39 Å². The van der Waals surface area contributed by atoms with Crippen molar-refractivity contribution in [3.8, 4) is 0 Å². The molecular weight excluding hydrogens is 411 g/mol. The van der Waals surface area contributed by atoms with Crippen LogP contribution in [-0.2, 0) is 14.8 Å². The molecule has 3 aliphatic rings. The van der Waals surface area contributed by atoms with Crippen LogP contribution in [0.25, 0.3) is 0 Å². The Morgan fingerprint density at radius 1 is 1.20 bits per heavy atom. The van der Waals surface area contributed by atoms with Gasteiger partial charge in [-0.2, -0.15) is 8.42 Å². The van der Waals surface area contributed by atoms with E-state index in [0.29, 0.717) is 18.2 Å². The Balaban J connectivity index is 1.59. The van der Waals surface area contributed by atoms with Crippen LogP contribution in [0.5, 0.6) is 0 Å². The SMILES string of the molecule is O=C1c2cc(F)ccc2N(CCC2CC2)C(=O)C1C1=NS(=O)(=O)c2cnccc2N1. The van der Waals surface area contributed by atoms with E-state index in [4.69, 9.17) is 0 Å². The van der Waals surface area contributed by atoms with Crippen molar-refractivity contribution in [3.63, 3.8) is 0 Å². The first-order chi connectivity index (χ1) is 14.3. The summed E-state index contributed by atoms with van der Waals surface area (Å²) >= 11 is 0. The van der Waals surface area contributed by atoms with Gasteiger partial charge in [-0.1, -0.05) is 12.8 Å². The minimum absolute atomic E-state index is 0.0396. The van der Waals surface area contributed by atoms with Crippen LogP contribution in [-0.4, -0.2) is 37.5 Å². The molecule has 0 radical (unpaired) electrons. The zero-order chi connectivity index (χ0) is 21.0. The van der Waals surface area contributed by atoms with E-state index in [1.165, 1.54) is 29.3 Å². The highest BCUT2D eigenvalue weighted by atomic mass is 32.2. The van der Waals surface area contributed by atoms with Crippen LogP contribution < -0.4 is 10.2 Å². The van der Waals surface area contributed by atoms with Crippen LogP contribution in [0.4, 0.5) is 15.8 Å². The molecule has 1 N–H and O–H groups in total. The molecule has 154 valence electrons. The van der Waals surface area contributed by atoms with Gasteiger partial charge in [0.25, 0.3) is 10.0 Å². The van der Waals surface area contributed by atoms with Gasteiger partial charge < -0.3 is 10.2 Å². The van der Waals surface area contributed by atoms with E-state index in [0.717, 1.165) is 31.5 Å². The zero-order valence-electron chi connectivity index (χ0n) is 15.7. The third-order valence-corrected chi connectivity index (χ3v) is 6.88. The van der Waals surface area contributed by atoms with Crippen molar-refractivity contribution in [2.24, 2.45) is 16.2 Å². The lowest BCUT2D eigenvalue weighted by molar-refractivity contribution is -0.119. The highest BCUT2D eigenvalue weighted by Gasteiger charge is 2.45. The number of carbonyl (C=O) groups is 2. The normalized spacial score (nSPS) is 22.1. The number of Topliss-reactive ketones (excluding diaryl/α,β-unsaturated/α-hetero) is 1. The first kappa shape index (κ1) is 18.9. The van der Waals surface area contributed by atoms with E-state index in [2.05, 4.69) is 14.7 Å². The van der Waals surface area contributed by atoms with Crippen LogP contribution >= 0.6 is 0 Å². The van der Waals surface area contributed by atoms with Gasteiger partial charge in [0.05, 0.1) is 11.4 Å². The van der Waals surface area contributed by atoms with E-state index < -0.39 is 33.4 Å². The van der Waals surface area contributed by atoms with E-state index in [1.54, 1.807) is 0 Å². The number of amidine groups is 1. The quantitative estimate of drug-likeness (QED) is 0.749. The van der Waals surface area contributed by atoms with E-state index in [1.807, 2.05) is 0 Å². The Bertz CT molecular complexity index is 1220. The first-order valence-electron chi connectivity index (χ1n) is 9.56. The fraction of sp³-hybridized carbons (Fsp3) is 0.300. The van der Waals surface area contributed by atoms with E-state index >= 15 is 0 Å². The van der Waals surface area contributed by atoms with Gasteiger partial charge >= 0.3 is 0 Å². The number of amides is 1. The number of rotatable bonds is 4. The summed E-state index contributed by atoms with van der Waals surface area (Å²) in [5.74, 6) is -3.11. The summed E-state index contributed by atoms with van der Waals surface area (Å²) in [6.45, 7) is 0.368. The number of ketones is 1. The highest BCUT2D eigenvalue weighted by molar-refractivity contribution is 7.90. The van der Waals surface area contributed by atoms with Gasteiger partial charge in [-0.15, -0.1) is 4.40 Å². The summed E-state index contributed by atoms with van der Waals surface area (Å²) in [6, 6.07) is 5.13. The Morgan fingerprint density at radius 2 is 2.00 bits per heavy atom. The molecular formula is C20H17FN4O4S. The molecule has 8 nitrogen and oxygen atoms in total. The van der Waals surface area contributed by atoms with E-state index in [-0.39, 0.29) is 22.0 Å². The predicted octanol–water partition coefficient (Wildman–Crippen LogP) is 2.38. The molecule has 1 unspecified atom stereocenters. The number of halogens is 1. The number of sulfonamides is 1. The second kappa shape index (κ2) is 6.69. The van der Waals surface area contributed by atoms with Crippen molar-refractivity contribution in [1.29, 1.82) is 0 Å². The number of benzene rings is 1. The molecule has 3 heterocycles. The maximum absolute atomic E-state index is 13.9. The Labute approximate surface area is 171 Å². The molecule has 1 fully saturated rings. The summed E-state index contributed by atoms with van der Waals surface area (Å²) in [7, 11) is -4.14. The topological polar surface area (TPSA) is 109 Å². The van der Waals surface area contributed by atoms with Gasteiger partial charge in [-0.3, -0.25) is 14.6 Å². The van der Waals surface area contributed by atoms with Crippen LogP contribution in [0.3, 0.4) is 0 Å². The number of hydrogen-bond donors (Lipinski definition) is 1. The lowest BCUT2D eigenvalue weighted by Gasteiger charge is -2.34. The lowest BCUT2D eigenvalue weighted by Crippen LogP contribution is -2.50. The average molecular weight is 428 g/mol. The Morgan fingerprint density at radius 3 is 2.77 bits per heavy atom. The molecule has 0 spiro atoms. The van der Waals surface area contributed by atoms with Crippen LogP contribution in [0.1, 0.15) is 29.6 Å². The predicted molar refractivity (Wildman–Crippen MR) is 106 cm³/mol. The number of nitrogens with one attached hydrogen (secondary N) is 1. The zero-order valence-corrected chi connectivity index (χ0v) is 16.5. The number of aromatic nitrogens is 1. The maximum Gasteiger partial charge on any atom is 0.287 e. The first-order valence-corrected chi connectivity index (χ1v) is 11.0. The van der Waals surface area contributed by atoms with Gasteiger partial charge in [0.15, 0.2) is 11.7 Å². The fourth-order valence-electron chi connectivity index (χ4n) is 3.83. The summed E-state index contributed by atoms with van der Waals surface area (Å²) in [4.78, 5) is 31.6. The van der Waals surface area contributed by atoms with Crippen molar-refractivity contribution >= 4 is 38.9 Å². The van der Waals surface area contributed by atoms with Crippen LogP contribution in [0.15, 0.2) is 46.0 Å². The highest BCUT2D eigenvalue weighted by Crippen LogP contribution is 2.37. The number of nitrogens with zero attached hydrogens (tertiary/aromatic N) is 3. The monoisotopic (exact) mass is 428 g/mol. The number of anilines is 2. The number of pyridine rings is 1. The smallest absolute Gasteiger partial charge is 0.287 e. The summed E-state index contributed by atoms with van der Waals surface area (Å²) in [6.07, 6.45) is 5.49. The third-order valence-electron chi connectivity index (χ3n) is 5.57. The second-order valence-corrected chi connectivity index (χ2v) is 9.20. The molecule has 2 aromatic rings. The third kappa shape index (κ3) is 3.07. The molecule has 0 saturated heterocycles. The fourth-order valence-corrected chi connectivity index (χ4v) is 4.93. The molecule has 2 aliphatic heterocycles. The lowest BCUT2D eigenvalue weighted by atomic mass is 9.88. The van der Waals surface area contributed by atoms with E-state index in [9.17, 15) is 22.4 Å². The van der Waals surface area contributed by atoms with Crippen LogP contribution in [0, 0.1) is 17.7 Å². The molecule has 1 aromatic heterocycles. The molecule has 1 amide bonds. The summed E-state index contributed by atoms with van der Waals surface area (Å²) in [5, 5.41) is 2.80. The standard InChI is InChI=1S/C20H17FN4O4S/c21-12-3-4-15-13(9-12)18(26)17(20(27)25(15)8-6-11-1-2-11)19-23-14-5-7-22-10-16(14)30(28,29)24-19/h3-5,7,9-11,17H,1-2,6,8H2,(H,23,24). The minimum atomic E-state index is -4.14.